The summed E-state index contributed by atoms with van der Waals surface area (Å²) in [7, 11) is 0. The number of fused-ring (bicyclic) bond motifs is 1. The number of carbonyl (C=O) groups excluding carboxylic acids is 1. The number of benzene rings is 1. The van der Waals surface area contributed by atoms with Gasteiger partial charge in [0, 0.05) is 38.4 Å². The van der Waals surface area contributed by atoms with Gasteiger partial charge >= 0.3 is 0 Å². The smallest absolute Gasteiger partial charge is 0.231 e. The van der Waals surface area contributed by atoms with Crippen LogP contribution in [-0.4, -0.2) is 56.0 Å². The molecule has 0 radical (unpaired) electrons. The summed E-state index contributed by atoms with van der Waals surface area (Å²) in [5.74, 6) is 1.57. The number of piperidine rings is 1. The first-order valence-corrected chi connectivity index (χ1v) is 9.27. The van der Waals surface area contributed by atoms with E-state index in [-0.39, 0.29) is 18.7 Å². The zero-order chi connectivity index (χ0) is 17.1. The molecule has 6 nitrogen and oxygen atoms in total. The van der Waals surface area contributed by atoms with E-state index in [1.54, 1.807) is 0 Å². The normalized spacial score (nSPS) is 22.1. The van der Waals surface area contributed by atoms with Crippen LogP contribution < -0.4 is 14.8 Å². The van der Waals surface area contributed by atoms with Crippen LogP contribution in [0.5, 0.6) is 11.5 Å². The fourth-order valence-corrected chi connectivity index (χ4v) is 3.97. The number of amides is 1. The molecule has 3 heterocycles. The molecule has 0 saturated carbocycles. The SMILES string of the molecule is O=C(Cc1ccc2c(c1)OCO2)NC1CCN(C2CCOCC2)CC1. The van der Waals surface area contributed by atoms with Crippen LogP contribution in [0.15, 0.2) is 18.2 Å². The molecule has 0 unspecified atom stereocenters. The summed E-state index contributed by atoms with van der Waals surface area (Å²) in [6.07, 6.45) is 4.73. The lowest BCUT2D eigenvalue weighted by Crippen LogP contribution is -2.49. The minimum atomic E-state index is 0.0865. The third-order valence-corrected chi connectivity index (χ3v) is 5.40. The van der Waals surface area contributed by atoms with Gasteiger partial charge in [0.2, 0.25) is 12.7 Å². The van der Waals surface area contributed by atoms with Crippen molar-refractivity contribution in [2.24, 2.45) is 0 Å². The Morgan fingerprint density at radius 3 is 2.64 bits per heavy atom. The average molecular weight is 346 g/mol. The third kappa shape index (κ3) is 4.07. The van der Waals surface area contributed by atoms with Crippen molar-refractivity contribution >= 4 is 5.91 Å². The molecule has 1 aromatic rings. The topological polar surface area (TPSA) is 60.0 Å². The number of hydrogen-bond acceptors (Lipinski definition) is 5. The fraction of sp³-hybridized carbons (Fsp3) is 0.632. The molecule has 2 saturated heterocycles. The van der Waals surface area contributed by atoms with Crippen molar-refractivity contribution in [2.45, 2.75) is 44.2 Å². The zero-order valence-corrected chi connectivity index (χ0v) is 14.5. The van der Waals surface area contributed by atoms with E-state index in [9.17, 15) is 4.79 Å². The summed E-state index contributed by atoms with van der Waals surface area (Å²) in [6, 6.07) is 6.66. The Labute approximate surface area is 148 Å². The van der Waals surface area contributed by atoms with Crippen LogP contribution >= 0.6 is 0 Å². The molecule has 3 aliphatic heterocycles. The van der Waals surface area contributed by atoms with Crippen molar-refractivity contribution < 1.29 is 19.0 Å². The Morgan fingerprint density at radius 2 is 1.84 bits per heavy atom. The van der Waals surface area contributed by atoms with Crippen LogP contribution in [0, 0.1) is 0 Å². The van der Waals surface area contributed by atoms with E-state index in [0.29, 0.717) is 12.5 Å². The van der Waals surface area contributed by atoms with E-state index >= 15 is 0 Å². The van der Waals surface area contributed by atoms with E-state index in [4.69, 9.17) is 14.2 Å². The molecule has 6 heteroatoms. The van der Waals surface area contributed by atoms with Gasteiger partial charge in [0.1, 0.15) is 0 Å². The first-order valence-electron chi connectivity index (χ1n) is 9.27. The lowest BCUT2D eigenvalue weighted by Gasteiger charge is -2.39. The Hall–Kier alpha value is -1.79. The van der Waals surface area contributed by atoms with Crippen LogP contribution in [0.3, 0.4) is 0 Å². The highest BCUT2D eigenvalue weighted by Gasteiger charge is 2.27. The number of carbonyl (C=O) groups is 1. The van der Waals surface area contributed by atoms with Gasteiger partial charge in [-0.25, -0.2) is 0 Å². The summed E-state index contributed by atoms with van der Waals surface area (Å²) < 4.78 is 16.1. The van der Waals surface area contributed by atoms with Gasteiger partial charge < -0.3 is 24.4 Å². The van der Waals surface area contributed by atoms with E-state index in [1.807, 2.05) is 18.2 Å². The highest BCUT2D eigenvalue weighted by Crippen LogP contribution is 2.32. The quantitative estimate of drug-likeness (QED) is 0.899. The molecular weight excluding hydrogens is 320 g/mol. The van der Waals surface area contributed by atoms with Crippen molar-refractivity contribution in [3.8, 4) is 11.5 Å². The number of nitrogens with one attached hydrogen (secondary N) is 1. The summed E-state index contributed by atoms with van der Waals surface area (Å²) in [4.78, 5) is 14.9. The first-order chi connectivity index (χ1) is 12.3. The van der Waals surface area contributed by atoms with Gasteiger partial charge in [-0.2, -0.15) is 0 Å². The number of hydrogen-bond donors (Lipinski definition) is 1. The largest absolute Gasteiger partial charge is 0.454 e. The lowest BCUT2D eigenvalue weighted by atomic mass is 9.99. The van der Waals surface area contributed by atoms with Gasteiger partial charge in [-0.15, -0.1) is 0 Å². The minimum Gasteiger partial charge on any atom is -0.454 e. The number of ether oxygens (including phenoxy) is 3. The third-order valence-electron chi connectivity index (χ3n) is 5.40. The maximum absolute atomic E-state index is 12.4. The molecule has 0 atom stereocenters. The van der Waals surface area contributed by atoms with E-state index in [0.717, 1.165) is 69.0 Å². The van der Waals surface area contributed by atoms with Gasteiger partial charge in [-0.05, 0) is 43.4 Å². The van der Waals surface area contributed by atoms with E-state index < -0.39 is 0 Å². The Bertz CT molecular complexity index is 607. The predicted molar refractivity (Wildman–Crippen MR) is 92.8 cm³/mol. The molecule has 0 aliphatic carbocycles. The summed E-state index contributed by atoms with van der Waals surface area (Å²) >= 11 is 0. The number of nitrogens with zero attached hydrogens (tertiary/aromatic N) is 1. The Balaban J connectivity index is 1.23. The van der Waals surface area contributed by atoms with Gasteiger partial charge in [0.25, 0.3) is 0 Å². The second kappa shape index (κ2) is 7.62. The van der Waals surface area contributed by atoms with Crippen molar-refractivity contribution in [1.29, 1.82) is 0 Å². The van der Waals surface area contributed by atoms with Crippen LogP contribution in [0.25, 0.3) is 0 Å². The maximum atomic E-state index is 12.4. The van der Waals surface area contributed by atoms with Crippen LogP contribution in [0.2, 0.25) is 0 Å². The number of likely N-dealkylation sites (tertiary alicyclic amines) is 1. The van der Waals surface area contributed by atoms with Gasteiger partial charge in [-0.3, -0.25) is 4.79 Å². The predicted octanol–water partition coefficient (Wildman–Crippen LogP) is 1.72. The van der Waals surface area contributed by atoms with Crippen LogP contribution in [-0.2, 0) is 16.0 Å². The molecule has 25 heavy (non-hydrogen) atoms. The molecule has 4 rings (SSSR count). The Morgan fingerprint density at radius 1 is 1.08 bits per heavy atom. The summed E-state index contributed by atoms with van der Waals surface area (Å²) in [5.41, 5.74) is 0.960. The van der Waals surface area contributed by atoms with Crippen molar-refractivity contribution in [3.63, 3.8) is 0 Å². The molecular formula is C19H26N2O4. The Kier molecular flexibility index (Phi) is 5.08. The summed E-state index contributed by atoms with van der Waals surface area (Å²) in [6.45, 7) is 4.17. The lowest BCUT2D eigenvalue weighted by molar-refractivity contribution is -0.121. The van der Waals surface area contributed by atoms with Gasteiger partial charge in [0.05, 0.1) is 6.42 Å². The van der Waals surface area contributed by atoms with Gasteiger partial charge in [0.15, 0.2) is 11.5 Å². The van der Waals surface area contributed by atoms with E-state index in [1.165, 1.54) is 0 Å². The molecule has 0 aromatic heterocycles. The van der Waals surface area contributed by atoms with Gasteiger partial charge in [-0.1, -0.05) is 6.07 Å². The van der Waals surface area contributed by atoms with Crippen molar-refractivity contribution in [1.82, 2.24) is 10.2 Å². The van der Waals surface area contributed by atoms with Crippen LogP contribution in [0.4, 0.5) is 0 Å². The molecule has 136 valence electrons. The maximum Gasteiger partial charge on any atom is 0.231 e. The standard InChI is InChI=1S/C19H26N2O4/c22-19(12-14-1-2-17-18(11-14)25-13-24-17)20-15-3-7-21(8-4-15)16-5-9-23-10-6-16/h1-2,11,15-16H,3-10,12-13H2,(H,20,22). The van der Waals surface area contributed by atoms with Crippen molar-refractivity contribution in [2.75, 3.05) is 33.1 Å². The fourth-order valence-electron chi connectivity index (χ4n) is 3.97. The highest BCUT2D eigenvalue weighted by atomic mass is 16.7. The molecule has 0 bridgehead atoms. The molecule has 1 amide bonds. The number of rotatable bonds is 4. The first kappa shape index (κ1) is 16.7. The second-order valence-electron chi connectivity index (χ2n) is 7.09. The molecule has 1 aromatic carbocycles. The highest BCUT2D eigenvalue weighted by molar-refractivity contribution is 5.79. The average Bonchev–Trinajstić information content (AvgIpc) is 3.11. The zero-order valence-electron chi connectivity index (χ0n) is 14.5. The summed E-state index contributed by atoms with van der Waals surface area (Å²) in [5, 5.41) is 3.20. The molecule has 2 fully saturated rings. The monoisotopic (exact) mass is 346 g/mol. The minimum absolute atomic E-state index is 0.0865. The molecule has 3 aliphatic rings. The molecule has 1 N–H and O–H groups in total. The van der Waals surface area contributed by atoms with Crippen molar-refractivity contribution in [3.05, 3.63) is 23.8 Å². The molecule has 0 spiro atoms. The second-order valence-corrected chi connectivity index (χ2v) is 7.09. The van der Waals surface area contributed by atoms with E-state index in [2.05, 4.69) is 10.2 Å². The van der Waals surface area contributed by atoms with Crippen LogP contribution in [0.1, 0.15) is 31.2 Å².